The molecule has 3 aliphatic heterocycles. The van der Waals surface area contributed by atoms with E-state index in [0.29, 0.717) is 49.1 Å². The molecule has 2 fully saturated rings. The van der Waals surface area contributed by atoms with Crippen LogP contribution in [0, 0.1) is 0 Å². The molecular formula is C23H25N3O7. The summed E-state index contributed by atoms with van der Waals surface area (Å²) in [6, 6.07) is 12.3. The van der Waals surface area contributed by atoms with E-state index in [1.807, 2.05) is 6.07 Å². The van der Waals surface area contributed by atoms with E-state index in [1.165, 1.54) is 0 Å². The maximum Gasteiger partial charge on any atom is 0.414 e. The van der Waals surface area contributed by atoms with Gasteiger partial charge in [0.25, 0.3) is 11.8 Å². The number of amides is 3. The first-order valence-electron chi connectivity index (χ1n) is 10.5. The van der Waals surface area contributed by atoms with E-state index < -0.39 is 0 Å². The zero-order valence-electron chi connectivity index (χ0n) is 18.4. The summed E-state index contributed by atoms with van der Waals surface area (Å²) in [5.74, 6) is 1.11. The molecule has 3 heterocycles. The minimum atomic E-state index is -0.347. The number of carbonyl (C=O) groups excluding carboxylic acids is 3. The van der Waals surface area contributed by atoms with Crippen molar-refractivity contribution in [3.63, 3.8) is 0 Å². The van der Waals surface area contributed by atoms with Crippen molar-refractivity contribution in [2.45, 2.75) is 6.04 Å². The molecule has 10 heteroatoms. The van der Waals surface area contributed by atoms with Crippen molar-refractivity contribution in [1.29, 1.82) is 0 Å². The monoisotopic (exact) mass is 455 g/mol. The normalized spacial score (nSPS) is 18.8. The predicted octanol–water partition coefficient (Wildman–Crippen LogP) is 1.82. The molecule has 3 aliphatic rings. The number of hydrogen-bond acceptors (Lipinski definition) is 7. The lowest BCUT2D eigenvalue weighted by atomic mass is 10.1. The number of cyclic esters (lactones) is 1. The van der Waals surface area contributed by atoms with Crippen molar-refractivity contribution < 1.29 is 33.3 Å². The first kappa shape index (κ1) is 22.4. The van der Waals surface area contributed by atoms with E-state index in [9.17, 15) is 14.4 Å². The van der Waals surface area contributed by atoms with Gasteiger partial charge in [0.2, 0.25) is 0 Å². The molecule has 0 bridgehead atoms. The third kappa shape index (κ3) is 4.70. The Morgan fingerprint density at radius 3 is 2.70 bits per heavy atom. The first-order chi connectivity index (χ1) is 16.0. The molecule has 0 spiro atoms. The van der Waals surface area contributed by atoms with Gasteiger partial charge in [-0.25, -0.2) is 4.79 Å². The number of nitrogens with zero attached hydrogens (tertiary/aromatic N) is 2. The second kappa shape index (κ2) is 9.78. The van der Waals surface area contributed by atoms with Gasteiger partial charge in [-0.15, -0.1) is 0 Å². The van der Waals surface area contributed by atoms with Crippen molar-refractivity contribution in [2.75, 3.05) is 56.9 Å². The van der Waals surface area contributed by atoms with Gasteiger partial charge >= 0.3 is 6.09 Å². The van der Waals surface area contributed by atoms with Crippen LogP contribution >= 0.6 is 0 Å². The summed E-state index contributed by atoms with van der Waals surface area (Å²) in [6.45, 7) is 1.88. The van der Waals surface area contributed by atoms with Gasteiger partial charge in [-0.3, -0.25) is 14.5 Å². The van der Waals surface area contributed by atoms with Gasteiger partial charge in [0.1, 0.15) is 37.4 Å². The molecule has 1 atom stereocenters. The lowest BCUT2D eigenvalue weighted by Gasteiger charge is -2.31. The molecular weight excluding hydrogens is 430 g/mol. The number of anilines is 2. The van der Waals surface area contributed by atoms with E-state index in [1.54, 1.807) is 60.4 Å². The van der Waals surface area contributed by atoms with Gasteiger partial charge in [-0.05, 0) is 30.3 Å². The number of methoxy groups -OCH3 is 1. The second-order valence-corrected chi connectivity index (χ2v) is 7.47. The number of nitrogens with one attached hydrogen (secondary N) is 1. The van der Waals surface area contributed by atoms with E-state index in [2.05, 4.69) is 5.32 Å². The van der Waals surface area contributed by atoms with Crippen LogP contribution in [-0.4, -0.2) is 71.1 Å². The van der Waals surface area contributed by atoms with Crippen LogP contribution in [0.15, 0.2) is 42.5 Å². The molecule has 33 heavy (non-hydrogen) atoms. The van der Waals surface area contributed by atoms with Crippen LogP contribution in [0.5, 0.6) is 11.5 Å². The van der Waals surface area contributed by atoms with Crippen LogP contribution in [0.1, 0.15) is 10.4 Å². The summed E-state index contributed by atoms with van der Waals surface area (Å²) in [4.78, 5) is 38.0. The molecule has 1 N–H and O–H groups in total. The van der Waals surface area contributed by atoms with Gasteiger partial charge in [-0.2, -0.15) is 0 Å². The number of hydrogen-bond donors (Lipinski definition) is 1. The predicted molar refractivity (Wildman–Crippen MR) is 119 cm³/mol. The molecule has 3 amide bonds. The summed E-state index contributed by atoms with van der Waals surface area (Å²) >= 11 is 0. The average Bonchev–Trinajstić information content (AvgIpc) is 3.25. The number of carbonyl (C=O) groups is 3. The van der Waals surface area contributed by atoms with Gasteiger partial charge in [0.05, 0.1) is 19.4 Å². The Labute approximate surface area is 190 Å². The Hall–Kier alpha value is -3.79. The van der Waals surface area contributed by atoms with E-state index in [0.717, 1.165) is 5.69 Å². The quantitative estimate of drug-likeness (QED) is 0.752. The van der Waals surface area contributed by atoms with Crippen molar-refractivity contribution in [1.82, 2.24) is 5.32 Å². The molecule has 2 aromatic carbocycles. The number of fused-ring (bicyclic) bond motifs is 3. The van der Waals surface area contributed by atoms with E-state index in [4.69, 9.17) is 18.9 Å². The number of benzene rings is 2. The minimum Gasteiger partial charge on any atom is -0.497 e. The van der Waals surface area contributed by atoms with Crippen LogP contribution < -0.4 is 24.6 Å². The fourth-order valence-corrected chi connectivity index (χ4v) is 3.75. The second-order valence-electron chi connectivity index (χ2n) is 7.47. The maximum absolute atomic E-state index is 11.9. The Morgan fingerprint density at radius 2 is 1.94 bits per heavy atom. The lowest BCUT2D eigenvalue weighted by Crippen LogP contribution is -2.43. The Bertz CT molecular complexity index is 1060. The van der Waals surface area contributed by atoms with Crippen LogP contribution in [0.3, 0.4) is 0 Å². The Kier molecular flexibility index (Phi) is 6.64. The summed E-state index contributed by atoms with van der Waals surface area (Å²) in [6.07, 6.45) is -0.347. The number of ether oxygens (including phenoxy) is 4. The minimum absolute atomic E-state index is 0.0686. The highest BCUT2D eigenvalue weighted by Crippen LogP contribution is 2.39. The fourth-order valence-electron chi connectivity index (χ4n) is 3.75. The summed E-state index contributed by atoms with van der Waals surface area (Å²) < 4.78 is 20.9. The van der Waals surface area contributed by atoms with Crippen LogP contribution in [-0.2, 0) is 14.3 Å². The average molecular weight is 455 g/mol. The van der Waals surface area contributed by atoms with Crippen molar-refractivity contribution >= 4 is 29.3 Å². The van der Waals surface area contributed by atoms with E-state index >= 15 is 0 Å². The zero-order valence-corrected chi connectivity index (χ0v) is 18.4. The summed E-state index contributed by atoms with van der Waals surface area (Å²) in [7, 11) is 3.17. The molecule has 174 valence electrons. The van der Waals surface area contributed by atoms with Gasteiger partial charge in [0.15, 0.2) is 0 Å². The smallest absolute Gasteiger partial charge is 0.414 e. The topological polar surface area (TPSA) is 107 Å². The molecule has 1 unspecified atom stereocenters. The molecule has 2 saturated heterocycles. The molecule has 0 radical (unpaired) electrons. The largest absolute Gasteiger partial charge is 0.497 e. The summed E-state index contributed by atoms with van der Waals surface area (Å²) in [5.41, 5.74) is 2.06. The lowest BCUT2D eigenvalue weighted by molar-refractivity contribution is -0.125. The third-order valence-corrected chi connectivity index (χ3v) is 5.45. The number of morpholine rings is 1. The maximum atomic E-state index is 11.9. The highest BCUT2D eigenvalue weighted by atomic mass is 16.6. The molecule has 10 nitrogen and oxygen atoms in total. The molecule has 0 aliphatic carbocycles. The Morgan fingerprint density at radius 1 is 1.12 bits per heavy atom. The van der Waals surface area contributed by atoms with Crippen molar-refractivity contribution in [3.05, 3.63) is 48.0 Å². The van der Waals surface area contributed by atoms with Gasteiger partial charge in [-0.1, -0.05) is 6.07 Å². The van der Waals surface area contributed by atoms with Crippen LogP contribution in [0.4, 0.5) is 16.2 Å². The molecule has 0 aromatic heterocycles. The first-order valence-corrected chi connectivity index (χ1v) is 10.5. The highest BCUT2D eigenvalue weighted by Gasteiger charge is 2.39. The van der Waals surface area contributed by atoms with Crippen molar-refractivity contribution in [3.8, 4) is 11.5 Å². The molecule has 5 rings (SSSR count). The third-order valence-electron chi connectivity index (χ3n) is 5.45. The SMILES string of the molecule is CNC(=O)c1cccc(OC)c1.O=C1COCCN1c1ccc2c(c1)OCC1COC(=O)N21. The zero-order chi connectivity index (χ0) is 23.4. The molecule has 2 aromatic rings. The van der Waals surface area contributed by atoms with Crippen LogP contribution in [0.2, 0.25) is 0 Å². The number of rotatable bonds is 3. The van der Waals surface area contributed by atoms with Crippen molar-refractivity contribution in [2.24, 2.45) is 0 Å². The Balaban J connectivity index is 0.000000185. The van der Waals surface area contributed by atoms with E-state index in [-0.39, 0.29) is 30.6 Å². The fraction of sp³-hybridized carbons (Fsp3) is 0.348. The van der Waals surface area contributed by atoms with Gasteiger partial charge in [0, 0.05) is 30.9 Å². The summed E-state index contributed by atoms with van der Waals surface area (Å²) in [5, 5.41) is 2.54. The van der Waals surface area contributed by atoms with Crippen LogP contribution in [0.25, 0.3) is 0 Å². The molecule has 0 saturated carbocycles. The highest BCUT2D eigenvalue weighted by molar-refractivity contribution is 5.97. The standard InChI is InChI=1S/C14H14N2O5.C9H11NO2/c17-13-8-19-4-3-15(13)9-1-2-11-12(5-9)20-6-10-7-21-14(18)16(10)11;1-10-9(11)7-4-3-5-8(6-7)12-2/h1-2,5,10H,3-4,6-8H2;3-6H,1-2H3,(H,10,11). The van der Waals surface area contributed by atoms with Gasteiger partial charge < -0.3 is 29.2 Å².